The van der Waals surface area contributed by atoms with Crippen LogP contribution >= 0.6 is 15.9 Å². The molecule has 4 nitrogen and oxygen atoms in total. The van der Waals surface area contributed by atoms with E-state index in [1.807, 2.05) is 37.3 Å². The highest BCUT2D eigenvalue weighted by Crippen LogP contribution is 2.37. The third-order valence-corrected chi connectivity index (χ3v) is 4.10. The quantitative estimate of drug-likeness (QED) is 0.341. The largest absolute Gasteiger partial charge is 0.493 e. The van der Waals surface area contributed by atoms with Crippen molar-refractivity contribution in [1.82, 2.24) is 0 Å². The number of halogens is 1. The maximum Gasteiger partial charge on any atom is 0.331 e. The summed E-state index contributed by atoms with van der Waals surface area (Å²) in [6.45, 7) is 6.16. The van der Waals surface area contributed by atoms with Crippen LogP contribution in [0.1, 0.15) is 16.7 Å². The van der Waals surface area contributed by atoms with Gasteiger partial charge in [-0.1, -0.05) is 42.5 Å². The van der Waals surface area contributed by atoms with Crippen molar-refractivity contribution in [2.24, 2.45) is 0 Å². The zero-order valence-corrected chi connectivity index (χ0v) is 16.4. The van der Waals surface area contributed by atoms with Gasteiger partial charge in [0.1, 0.15) is 13.2 Å². The van der Waals surface area contributed by atoms with E-state index in [1.54, 1.807) is 19.3 Å². The molecule has 0 radical (unpaired) electrons. The molecule has 26 heavy (non-hydrogen) atoms. The molecule has 0 aliphatic heterocycles. The third-order valence-electron chi connectivity index (χ3n) is 3.51. The summed E-state index contributed by atoms with van der Waals surface area (Å²) >= 11 is 3.50. The Kier molecular flexibility index (Phi) is 7.48. The highest BCUT2D eigenvalue weighted by atomic mass is 79.9. The molecule has 0 fully saturated rings. The van der Waals surface area contributed by atoms with Crippen molar-refractivity contribution >= 4 is 28.0 Å². The molecule has 0 amide bonds. The minimum absolute atomic E-state index is 0.183. The van der Waals surface area contributed by atoms with Gasteiger partial charge in [-0.25, -0.2) is 4.79 Å². The summed E-state index contributed by atoms with van der Waals surface area (Å²) in [5.41, 5.74) is 3.06. The first-order chi connectivity index (χ1) is 12.5. The summed E-state index contributed by atoms with van der Waals surface area (Å²) in [6, 6.07) is 11.8. The van der Waals surface area contributed by atoms with Crippen LogP contribution in [0.4, 0.5) is 0 Å². The van der Waals surface area contributed by atoms with Gasteiger partial charge in [0.2, 0.25) is 0 Å². The van der Waals surface area contributed by atoms with Crippen LogP contribution in [0.2, 0.25) is 0 Å². The van der Waals surface area contributed by atoms with Crippen molar-refractivity contribution in [1.29, 1.82) is 0 Å². The van der Waals surface area contributed by atoms with Crippen molar-refractivity contribution in [2.75, 3.05) is 13.7 Å². The molecule has 0 aromatic heterocycles. The smallest absolute Gasteiger partial charge is 0.331 e. The molecule has 0 saturated heterocycles. The second-order valence-electron chi connectivity index (χ2n) is 5.56. The average molecular weight is 417 g/mol. The Bertz CT molecular complexity index is 794. The molecular formula is C21H21BrO4. The highest BCUT2D eigenvalue weighted by molar-refractivity contribution is 9.10. The molecule has 0 N–H and O–H groups in total. The fraction of sp³-hybridized carbons (Fsp3) is 0.190. The lowest BCUT2D eigenvalue weighted by atomic mass is 10.1. The van der Waals surface area contributed by atoms with Gasteiger partial charge in [-0.3, -0.25) is 0 Å². The number of esters is 1. The molecule has 2 rings (SSSR count). The first-order valence-corrected chi connectivity index (χ1v) is 8.84. The summed E-state index contributed by atoms with van der Waals surface area (Å²) in [7, 11) is 1.58. The van der Waals surface area contributed by atoms with Crippen molar-refractivity contribution in [3.8, 4) is 11.5 Å². The molecule has 0 bridgehead atoms. The minimum atomic E-state index is -0.431. The van der Waals surface area contributed by atoms with E-state index in [9.17, 15) is 4.79 Å². The van der Waals surface area contributed by atoms with Gasteiger partial charge in [-0.05, 0) is 52.2 Å². The molecule has 0 aliphatic rings. The van der Waals surface area contributed by atoms with Crippen LogP contribution in [-0.2, 0) is 16.1 Å². The number of carbonyl (C=O) groups is 1. The lowest BCUT2D eigenvalue weighted by molar-refractivity contribution is -0.136. The molecule has 136 valence electrons. The monoisotopic (exact) mass is 416 g/mol. The van der Waals surface area contributed by atoms with Crippen LogP contribution in [0.15, 0.2) is 59.6 Å². The standard InChI is InChI=1S/C21H21BrO4/c1-4-11-25-20(23)10-9-17-12-18(22)21(19(13-17)24-3)26-14-16-7-5-15(2)6-8-16/h4-10,12-13H,1,11,14H2,2-3H3/b10-9+. The van der Waals surface area contributed by atoms with Crippen LogP contribution < -0.4 is 9.47 Å². The van der Waals surface area contributed by atoms with Crippen molar-refractivity contribution in [3.63, 3.8) is 0 Å². The Hall–Kier alpha value is -2.53. The Labute approximate surface area is 162 Å². The van der Waals surface area contributed by atoms with Crippen molar-refractivity contribution < 1.29 is 19.0 Å². The minimum Gasteiger partial charge on any atom is -0.493 e. The number of methoxy groups -OCH3 is 1. The highest BCUT2D eigenvalue weighted by Gasteiger charge is 2.11. The molecule has 2 aromatic rings. The second-order valence-corrected chi connectivity index (χ2v) is 6.41. The van der Waals surface area contributed by atoms with E-state index in [-0.39, 0.29) is 6.61 Å². The number of aryl methyl sites for hydroxylation is 1. The van der Waals surface area contributed by atoms with Gasteiger partial charge in [0.15, 0.2) is 11.5 Å². The molecular weight excluding hydrogens is 396 g/mol. The Balaban J connectivity index is 2.12. The SMILES string of the molecule is C=CCOC(=O)/C=C/c1cc(Br)c(OCc2ccc(C)cc2)c(OC)c1. The van der Waals surface area contributed by atoms with Crippen LogP contribution in [0.5, 0.6) is 11.5 Å². The van der Waals surface area contributed by atoms with E-state index in [4.69, 9.17) is 14.2 Å². The Morgan fingerprint density at radius 3 is 2.62 bits per heavy atom. The molecule has 0 atom stereocenters. The van der Waals surface area contributed by atoms with Crippen LogP contribution in [0.3, 0.4) is 0 Å². The summed E-state index contributed by atoms with van der Waals surface area (Å²) in [5, 5.41) is 0. The molecule has 5 heteroatoms. The molecule has 0 unspecified atom stereocenters. The van der Waals surface area contributed by atoms with Gasteiger partial charge >= 0.3 is 5.97 Å². The number of benzene rings is 2. The van der Waals surface area contributed by atoms with Crippen LogP contribution in [0, 0.1) is 6.92 Å². The molecule has 0 saturated carbocycles. The second kappa shape index (κ2) is 9.82. The summed E-state index contributed by atoms with van der Waals surface area (Å²) in [6.07, 6.45) is 4.53. The topological polar surface area (TPSA) is 44.8 Å². The number of rotatable bonds is 8. The fourth-order valence-corrected chi connectivity index (χ4v) is 2.74. The van der Waals surface area contributed by atoms with E-state index in [0.29, 0.717) is 18.1 Å². The van der Waals surface area contributed by atoms with Gasteiger partial charge in [-0.2, -0.15) is 0 Å². The van der Waals surface area contributed by atoms with Gasteiger partial charge < -0.3 is 14.2 Å². The van der Waals surface area contributed by atoms with E-state index < -0.39 is 5.97 Å². The lowest BCUT2D eigenvalue weighted by Gasteiger charge is -2.14. The first-order valence-electron chi connectivity index (χ1n) is 8.05. The summed E-state index contributed by atoms with van der Waals surface area (Å²) in [4.78, 5) is 11.5. The Morgan fingerprint density at radius 1 is 1.23 bits per heavy atom. The number of hydrogen-bond donors (Lipinski definition) is 0. The molecule has 0 heterocycles. The lowest BCUT2D eigenvalue weighted by Crippen LogP contribution is -2.00. The number of carbonyl (C=O) groups excluding carboxylic acids is 1. The van der Waals surface area contributed by atoms with Crippen molar-refractivity contribution in [2.45, 2.75) is 13.5 Å². The summed E-state index contributed by atoms with van der Waals surface area (Å²) in [5.74, 6) is 0.754. The summed E-state index contributed by atoms with van der Waals surface area (Å²) < 4.78 is 17.0. The Morgan fingerprint density at radius 2 is 1.96 bits per heavy atom. The zero-order chi connectivity index (χ0) is 18.9. The third kappa shape index (κ3) is 5.77. The van der Waals surface area contributed by atoms with E-state index in [1.165, 1.54) is 17.7 Å². The normalized spacial score (nSPS) is 10.6. The maximum atomic E-state index is 11.5. The van der Waals surface area contributed by atoms with E-state index in [0.717, 1.165) is 15.6 Å². The van der Waals surface area contributed by atoms with E-state index in [2.05, 4.69) is 22.5 Å². The predicted molar refractivity (Wildman–Crippen MR) is 106 cm³/mol. The van der Waals surface area contributed by atoms with E-state index >= 15 is 0 Å². The fourth-order valence-electron chi connectivity index (χ4n) is 2.17. The average Bonchev–Trinajstić information content (AvgIpc) is 2.64. The molecule has 2 aromatic carbocycles. The van der Waals surface area contributed by atoms with Gasteiger partial charge in [-0.15, -0.1) is 0 Å². The first kappa shape index (κ1) is 19.8. The van der Waals surface area contributed by atoms with Gasteiger partial charge in [0.05, 0.1) is 11.6 Å². The van der Waals surface area contributed by atoms with Gasteiger partial charge in [0, 0.05) is 6.08 Å². The van der Waals surface area contributed by atoms with Crippen molar-refractivity contribution in [3.05, 3.63) is 76.3 Å². The van der Waals surface area contributed by atoms with Gasteiger partial charge in [0.25, 0.3) is 0 Å². The molecule has 0 aliphatic carbocycles. The van der Waals surface area contributed by atoms with Crippen LogP contribution in [0.25, 0.3) is 6.08 Å². The number of hydrogen-bond acceptors (Lipinski definition) is 4. The molecule has 0 spiro atoms. The predicted octanol–water partition coefficient (Wildman–Crippen LogP) is 5.09. The zero-order valence-electron chi connectivity index (χ0n) is 14.8. The number of ether oxygens (including phenoxy) is 3. The maximum absolute atomic E-state index is 11.5. The van der Waals surface area contributed by atoms with Crippen LogP contribution in [-0.4, -0.2) is 19.7 Å².